The summed E-state index contributed by atoms with van der Waals surface area (Å²) < 4.78 is 0.555. The van der Waals surface area contributed by atoms with E-state index in [4.69, 9.17) is 11.6 Å². The molecule has 0 amide bonds. The molecule has 0 spiro atoms. The predicted octanol–water partition coefficient (Wildman–Crippen LogP) is 3.32. The molecule has 0 aromatic carbocycles. The van der Waals surface area contributed by atoms with Crippen LogP contribution in [0.3, 0.4) is 0 Å². The summed E-state index contributed by atoms with van der Waals surface area (Å²) in [6, 6.07) is 5.19. The molecule has 19 heavy (non-hydrogen) atoms. The molecule has 3 aromatic rings. The summed E-state index contributed by atoms with van der Waals surface area (Å²) in [4.78, 5) is 19.5. The number of H-pyrrole nitrogens is 1. The first-order valence-corrected chi connectivity index (χ1v) is 6.74. The molecule has 6 heteroatoms. The van der Waals surface area contributed by atoms with Crippen molar-refractivity contribution in [2.75, 3.05) is 0 Å². The van der Waals surface area contributed by atoms with Gasteiger partial charge >= 0.3 is 0 Å². The highest BCUT2D eigenvalue weighted by atomic mass is 35.5. The van der Waals surface area contributed by atoms with Gasteiger partial charge in [-0.3, -0.25) is 9.78 Å². The molecule has 0 fully saturated rings. The van der Waals surface area contributed by atoms with Crippen molar-refractivity contribution >= 4 is 33.2 Å². The van der Waals surface area contributed by atoms with Crippen LogP contribution in [0.15, 0.2) is 29.2 Å². The first kappa shape index (κ1) is 12.2. The van der Waals surface area contributed by atoms with Crippen molar-refractivity contribution in [1.29, 1.82) is 0 Å². The van der Waals surface area contributed by atoms with Crippen LogP contribution < -0.4 is 5.56 Å². The number of hydrogen-bond donors (Lipinski definition) is 2. The smallest absolute Gasteiger partial charge is 0.262 e. The van der Waals surface area contributed by atoms with Crippen molar-refractivity contribution < 1.29 is 5.11 Å². The number of nitrogens with zero attached hydrogens (tertiary/aromatic N) is 1. The molecule has 3 rings (SSSR count). The number of aromatic hydroxyl groups is 1. The van der Waals surface area contributed by atoms with E-state index in [0.29, 0.717) is 20.2 Å². The van der Waals surface area contributed by atoms with Crippen LogP contribution in [0.4, 0.5) is 0 Å². The second kappa shape index (κ2) is 4.36. The van der Waals surface area contributed by atoms with Crippen molar-refractivity contribution in [3.8, 4) is 17.0 Å². The van der Waals surface area contributed by atoms with Gasteiger partial charge in [-0.05, 0) is 24.6 Å². The molecule has 0 saturated heterocycles. The molecule has 0 unspecified atom stereocenters. The van der Waals surface area contributed by atoms with Crippen molar-refractivity contribution in [2.45, 2.75) is 6.92 Å². The maximum atomic E-state index is 12.1. The number of fused-ring (bicyclic) bond motifs is 1. The summed E-state index contributed by atoms with van der Waals surface area (Å²) in [6.07, 6.45) is 1.58. The van der Waals surface area contributed by atoms with Gasteiger partial charge < -0.3 is 10.1 Å². The summed E-state index contributed by atoms with van der Waals surface area (Å²) in [5, 5.41) is 10.9. The SMILES string of the molecule is Cc1c(Cl)sc2[nH]c(=O)c(-c3ccccn3)c(O)c12. The first-order chi connectivity index (χ1) is 9.09. The van der Waals surface area contributed by atoms with Gasteiger partial charge in [-0.25, -0.2) is 0 Å². The highest BCUT2D eigenvalue weighted by Gasteiger charge is 2.19. The maximum Gasteiger partial charge on any atom is 0.262 e. The molecule has 0 aliphatic heterocycles. The normalized spacial score (nSPS) is 11.1. The quantitative estimate of drug-likeness (QED) is 0.723. The molecule has 96 valence electrons. The molecule has 3 heterocycles. The van der Waals surface area contributed by atoms with E-state index in [1.807, 2.05) is 0 Å². The van der Waals surface area contributed by atoms with Gasteiger partial charge in [-0.1, -0.05) is 17.7 Å². The zero-order valence-corrected chi connectivity index (χ0v) is 11.5. The summed E-state index contributed by atoms with van der Waals surface area (Å²) in [7, 11) is 0. The third kappa shape index (κ3) is 1.82. The average molecular weight is 293 g/mol. The standard InChI is InChI=1S/C13H9ClN2O2S/c1-6-8-10(17)9(7-4-2-3-5-15-7)12(18)16-13(8)19-11(6)14/h2-5H,1H3,(H2,16,17,18). The number of aryl methyl sites for hydroxylation is 1. The van der Waals surface area contributed by atoms with Crippen molar-refractivity contribution in [2.24, 2.45) is 0 Å². The number of aromatic nitrogens is 2. The number of pyridine rings is 2. The average Bonchev–Trinajstić information content (AvgIpc) is 2.66. The molecule has 4 nitrogen and oxygen atoms in total. The Morgan fingerprint density at radius 1 is 1.42 bits per heavy atom. The van der Waals surface area contributed by atoms with Crippen molar-refractivity contribution in [1.82, 2.24) is 9.97 Å². The molecule has 3 aromatic heterocycles. The van der Waals surface area contributed by atoms with Crippen LogP contribution in [-0.4, -0.2) is 15.1 Å². The van der Waals surface area contributed by atoms with Gasteiger partial charge in [-0.15, -0.1) is 11.3 Å². The summed E-state index contributed by atoms with van der Waals surface area (Å²) in [5.41, 5.74) is 0.991. The van der Waals surface area contributed by atoms with E-state index in [9.17, 15) is 9.90 Å². The molecule has 0 aliphatic carbocycles. The monoisotopic (exact) mass is 292 g/mol. The minimum absolute atomic E-state index is 0.0712. The van der Waals surface area contributed by atoms with E-state index in [2.05, 4.69) is 9.97 Å². The minimum Gasteiger partial charge on any atom is -0.506 e. The molecule has 0 atom stereocenters. The van der Waals surface area contributed by atoms with Crippen LogP contribution in [0.5, 0.6) is 5.75 Å². The molecule has 0 bridgehead atoms. The van der Waals surface area contributed by atoms with E-state index in [1.165, 1.54) is 11.3 Å². The fourth-order valence-corrected chi connectivity index (χ4v) is 3.26. The predicted molar refractivity (Wildman–Crippen MR) is 77.1 cm³/mol. The van der Waals surface area contributed by atoms with Crippen LogP contribution in [0.2, 0.25) is 4.34 Å². The van der Waals surface area contributed by atoms with Crippen molar-refractivity contribution in [3.63, 3.8) is 0 Å². The number of rotatable bonds is 1. The van der Waals surface area contributed by atoms with Crippen LogP contribution in [0.1, 0.15) is 5.56 Å². The van der Waals surface area contributed by atoms with E-state index in [0.717, 1.165) is 5.56 Å². The molecule has 0 aliphatic rings. The second-order valence-corrected chi connectivity index (χ2v) is 5.72. The van der Waals surface area contributed by atoms with Gasteiger partial charge in [-0.2, -0.15) is 0 Å². The number of hydrogen-bond acceptors (Lipinski definition) is 4. The molecule has 0 saturated carbocycles. The van der Waals surface area contributed by atoms with Gasteiger partial charge in [0.15, 0.2) is 0 Å². The molecule has 2 N–H and O–H groups in total. The lowest BCUT2D eigenvalue weighted by molar-refractivity contribution is 0.482. The lowest BCUT2D eigenvalue weighted by Gasteiger charge is -2.04. The fourth-order valence-electron chi connectivity index (χ4n) is 2.01. The van der Waals surface area contributed by atoms with Gasteiger partial charge in [0.25, 0.3) is 5.56 Å². The van der Waals surface area contributed by atoms with Crippen LogP contribution in [-0.2, 0) is 0 Å². The van der Waals surface area contributed by atoms with Crippen LogP contribution in [0.25, 0.3) is 21.5 Å². The zero-order valence-electron chi connectivity index (χ0n) is 9.90. The maximum absolute atomic E-state index is 12.1. The number of aromatic amines is 1. The highest BCUT2D eigenvalue weighted by Crippen LogP contribution is 2.40. The molecule has 0 radical (unpaired) electrons. The van der Waals surface area contributed by atoms with Crippen molar-refractivity contribution in [3.05, 3.63) is 44.6 Å². The summed E-state index contributed by atoms with van der Waals surface area (Å²) in [6.45, 7) is 1.81. The Kier molecular flexibility index (Phi) is 2.80. The Bertz CT molecular complexity index is 824. The topological polar surface area (TPSA) is 66.0 Å². The molecular weight excluding hydrogens is 284 g/mol. The lowest BCUT2D eigenvalue weighted by atomic mass is 10.1. The number of nitrogens with one attached hydrogen (secondary N) is 1. The van der Waals surface area contributed by atoms with Gasteiger partial charge in [0.05, 0.1) is 15.4 Å². The van der Waals surface area contributed by atoms with Gasteiger partial charge in [0, 0.05) is 6.20 Å². The summed E-state index contributed by atoms with van der Waals surface area (Å²) >= 11 is 7.28. The highest BCUT2D eigenvalue weighted by molar-refractivity contribution is 7.22. The van der Waals surface area contributed by atoms with Gasteiger partial charge in [0.2, 0.25) is 0 Å². The van der Waals surface area contributed by atoms with E-state index >= 15 is 0 Å². The van der Waals surface area contributed by atoms with E-state index in [1.54, 1.807) is 31.3 Å². The zero-order chi connectivity index (χ0) is 13.6. The van der Waals surface area contributed by atoms with Crippen LogP contribution >= 0.6 is 22.9 Å². The largest absolute Gasteiger partial charge is 0.506 e. The fraction of sp³-hybridized carbons (Fsp3) is 0.0769. The van der Waals surface area contributed by atoms with E-state index < -0.39 is 0 Å². The minimum atomic E-state index is -0.374. The Balaban J connectivity index is 2.44. The van der Waals surface area contributed by atoms with E-state index in [-0.39, 0.29) is 16.9 Å². The first-order valence-electron chi connectivity index (χ1n) is 5.55. The second-order valence-electron chi connectivity index (χ2n) is 4.10. The third-order valence-corrected chi connectivity index (χ3v) is 4.45. The lowest BCUT2D eigenvalue weighted by Crippen LogP contribution is -2.09. The number of thiophene rings is 1. The Morgan fingerprint density at radius 3 is 2.89 bits per heavy atom. The van der Waals surface area contributed by atoms with Crippen LogP contribution in [0, 0.1) is 6.92 Å². The Morgan fingerprint density at radius 2 is 2.21 bits per heavy atom. The number of halogens is 1. The van der Waals surface area contributed by atoms with Gasteiger partial charge in [0.1, 0.15) is 16.1 Å². The third-order valence-electron chi connectivity index (χ3n) is 2.94. The Labute approximate surface area is 117 Å². The summed E-state index contributed by atoms with van der Waals surface area (Å²) in [5.74, 6) is -0.0712. The molecular formula is C13H9ClN2O2S. The Hall–Kier alpha value is -1.85.